The molecule has 0 amide bonds. The Bertz CT molecular complexity index is 569. The maximum absolute atomic E-state index is 14.9. The molecule has 1 aliphatic rings. The number of unbranched alkanes of at least 4 members (excludes halogenated alkanes) is 7. The van der Waals surface area contributed by atoms with Gasteiger partial charge in [0.05, 0.1) is 0 Å². The summed E-state index contributed by atoms with van der Waals surface area (Å²) in [5.74, 6) is 0. The Labute approximate surface area is 166 Å². The van der Waals surface area contributed by atoms with Crippen LogP contribution in [0.1, 0.15) is 63.9 Å². The molecule has 1 nitrogen and oxygen atoms in total. The SMILES string of the molecule is CCCCCCCCCCOC1(CBr)C=CC(c2ccccc2)=CC1F. The van der Waals surface area contributed by atoms with Crippen molar-refractivity contribution >= 4 is 21.5 Å². The van der Waals surface area contributed by atoms with Gasteiger partial charge in [0, 0.05) is 11.9 Å². The Morgan fingerprint density at radius 1 is 1.00 bits per heavy atom. The molecule has 0 bridgehead atoms. The number of benzene rings is 1. The van der Waals surface area contributed by atoms with E-state index >= 15 is 0 Å². The molecule has 1 aromatic carbocycles. The summed E-state index contributed by atoms with van der Waals surface area (Å²) < 4.78 is 20.9. The minimum atomic E-state index is -1.14. The molecule has 0 saturated carbocycles. The first-order valence-electron chi connectivity index (χ1n) is 10.0. The summed E-state index contributed by atoms with van der Waals surface area (Å²) in [6.45, 7) is 2.85. The molecule has 1 aromatic rings. The van der Waals surface area contributed by atoms with Crippen molar-refractivity contribution in [2.45, 2.75) is 70.1 Å². The molecule has 2 rings (SSSR count). The second-order valence-corrected chi connectivity index (χ2v) is 7.70. The Kier molecular flexibility index (Phi) is 9.63. The van der Waals surface area contributed by atoms with Crippen LogP contribution in [0.25, 0.3) is 5.57 Å². The summed E-state index contributed by atoms with van der Waals surface area (Å²) in [4.78, 5) is 0. The quantitative estimate of drug-likeness (QED) is 0.254. The molecule has 1 aliphatic carbocycles. The van der Waals surface area contributed by atoms with Crippen LogP contribution in [0.15, 0.2) is 48.6 Å². The molecule has 0 aliphatic heterocycles. The highest BCUT2D eigenvalue weighted by atomic mass is 79.9. The number of allylic oxidation sites excluding steroid dienone is 2. The zero-order valence-electron chi connectivity index (χ0n) is 15.9. The van der Waals surface area contributed by atoms with Gasteiger partial charge in [-0.15, -0.1) is 0 Å². The first-order chi connectivity index (χ1) is 12.7. The second kappa shape index (κ2) is 11.7. The van der Waals surface area contributed by atoms with Gasteiger partial charge in [0.25, 0.3) is 0 Å². The van der Waals surface area contributed by atoms with Gasteiger partial charge in [-0.1, -0.05) is 104 Å². The molecule has 0 radical (unpaired) electrons. The van der Waals surface area contributed by atoms with Crippen molar-refractivity contribution in [1.82, 2.24) is 0 Å². The third kappa shape index (κ3) is 6.35. The van der Waals surface area contributed by atoms with Gasteiger partial charge in [0.2, 0.25) is 0 Å². The van der Waals surface area contributed by atoms with Crippen molar-refractivity contribution in [3.8, 4) is 0 Å². The summed E-state index contributed by atoms with van der Waals surface area (Å²) in [6.07, 6.45) is 14.5. The molecule has 0 heterocycles. The summed E-state index contributed by atoms with van der Waals surface area (Å²) in [6, 6.07) is 9.93. The zero-order valence-corrected chi connectivity index (χ0v) is 17.5. The van der Waals surface area contributed by atoms with E-state index in [2.05, 4.69) is 22.9 Å². The van der Waals surface area contributed by atoms with E-state index in [-0.39, 0.29) is 0 Å². The molecular weight excluding hydrogens is 391 g/mol. The topological polar surface area (TPSA) is 9.23 Å². The van der Waals surface area contributed by atoms with E-state index in [1.165, 1.54) is 38.5 Å². The molecular formula is C23H32BrFO. The predicted octanol–water partition coefficient (Wildman–Crippen LogP) is 7.27. The van der Waals surface area contributed by atoms with Gasteiger partial charge in [0.15, 0.2) is 6.17 Å². The van der Waals surface area contributed by atoms with Crippen LogP contribution in [-0.4, -0.2) is 23.7 Å². The van der Waals surface area contributed by atoms with Crippen LogP contribution in [0.4, 0.5) is 4.39 Å². The summed E-state index contributed by atoms with van der Waals surface area (Å²) in [7, 11) is 0. The normalized spacial score (nSPS) is 22.4. The highest BCUT2D eigenvalue weighted by molar-refractivity contribution is 9.09. The van der Waals surface area contributed by atoms with Gasteiger partial charge in [-0.25, -0.2) is 4.39 Å². The number of alkyl halides is 2. The van der Waals surface area contributed by atoms with Gasteiger partial charge in [-0.3, -0.25) is 0 Å². The highest BCUT2D eigenvalue weighted by Gasteiger charge is 2.38. The standard InChI is InChI=1S/C23H32BrFO/c1-2-3-4-5-6-7-8-12-17-26-23(19-24)16-15-21(18-22(23)25)20-13-10-9-11-14-20/h9-11,13-16,18,22H,2-8,12,17,19H2,1H3. The fourth-order valence-electron chi connectivity index (χ4n) is 3.28. The lowest BCUT2D eigenvalue weighted by molar-refractivity contribution is -0.0321. The molecule has 0 spiro atoms. The maximum Gasteiger partial charge on any atom is 0.152 e. The molecule has 2 atom stereocenters. The Morgan fingerprint density at radius 2 is 1.65 bits per heavy atom. The van der Waals surface area contributed by atoms with Crippen LogP contribution >= 0.6 is 15.9 Å². The molecule has 3 heteroatoms. The van der Waals surface area contributed by atoms with Crippen molar-refractivity contribution < 1.29 is 9.13 Å². The van der Waals surface area contributed by atoms with Crippen LogP contribution in [0, 0.1) is 0 Å². The van der Waals surface area contributed by atoms with E-state index in [1.807, 2.05) is 42.5 Å². The fraction of sp³-hybridized carbons (Fsp3) is 0.565. The van der Waals surface area contributed by atoms with Crippen molar-refractivity contribution in [2.24, 2.45) is 0 Å². The van der Waals surface area contributed by atoms with Crippen LogP contribution in [0.2, 0.25) is 0 Å². The van der Waals surface area contributed by atoms with E-state index in [4.69, 9.17) is 4.74 Å². The largest absolute Gasteiger partial charge is 0.367 e. The van der Waals surface area contributed by atoms with Crippen molar-refractivity contribution in [2.75, 3.05) is 11.9 Å². The average Bonchev–Trinajstić information content (AvgIpc) is 2.68. The van der Waals surface area contributed by atoms with Gasteiger partial charge in [-0.2, -0.15) is 0 Å². The molecule has 0 aromatic heterocycles. The van der Waals surface area contributed by atoms with Gasteiger partial charge in [-0.05, 0) is 29.7 Å². The Morgan fingerprint density at radius 3 is 2.27 bits per heavy atom. The lowest BCUT2D eigenvalue weighted by Crippen LogP contribution is -2.43. The second-order valence-electron chi connectivity index (χ2n) is 7.14. The van der Waals surface area contributed by atoms with Gasteiger partial charge < -0.3 is 4.74 Å². The molecule has 26 heavy (non-hydrogen) atoms. The summed E-state index contributed by atoms with van der Waals surface area (Å²) in [5, 5.41) is 0.466. The lowest BCUT2D eigenvalue weighted by Gasteiger charge is -2.34. The highest BCUT2D eigenvalue weighted by Crippen LogP contribution is 2.33. The number of hydrogen-bond donors (Lipinski definition) is 0. The van der Waals surface area contributed by atoms with E-state index in [1.54, 1.807) is 6.08 Å². The van der Waals surface area contributed by atoms with Crippen LogP contribution in [-0.2, 0) is 4.74 Å². The Hall–Kier alpha value is -0.930. The minimum Gasteiger partial charge on any atom is -0.367 e. The minimum absolute atomic E-state index is 0.466. The predicted molar refractivity (Wildman–Crippen MR) is 114 cm³/mol. The van der Waals surface area contributed by atoms with E-state index < -0.39 is 11.8 Å². The number of hydrogen-bond acceptors (Lipinski definition) is 1. The molecule has 0 fully saturated rings. The Balaban J connectivity index is 1.75. The van der Waals surface area contributed by atoms with Crippen molar-refractivity contribution in [1.29, 1.82) is 0 Å². The third-order valence-electron chi connectivity index (χ3n) is 5.02. The molecule has 144 valence electrons. The van der Waals surface area contributed by atoms with Crippen LogP contribution in [0.5, 0.6) is 0 Å². The van der Waals surface area contributed by atoms with E-state index in [9.17, 15) is 4.39 Å². The summed E-state index contributed by atoms with van der Waals surface area (Å²) in [5.41, 5.74) is 1.09. The average molecular weight is 423 g/mol. The number of rotatable bonds is 12. The monoisotopic (exact) mass is 422 g/mol. The first kappa shape index (κ1) is 21.4. The fourth-order valence-corrected chi connectivity index (χ4v) is 3.94. The third-order valence-corrected chi connectivity index (χ3v) is 5.90. The molecule has 0 N–H and O–H groups in total. The first-order valence-corrected chi connectivity index (χ1v) is 11.1. The summed E-state index contributed by atoms with van der Waals surface area (Å²) >= 11 is 3.46. The van der Waals surface area contributed by atoms with E-state index in [0.717, 1.165) is 24.0 Å². The van der Waals surface area contributed by atoms with Crippen LogP contribution in [0.3, 0.4) is 0 Å². The lowest BCUT2D eigenvalue weighted by atomic mass is 9.89. The molecule has 0 saturated heterocycles. The smallest absolute Gasteiger partial charge is 0.152 e. The van der Waals surface area contributed by atoms with Crippen molar-refractivity contribution in [3.63, 3.8) is 0 Å². The van der Waals surface area contributed by atoms with E-state index in [0.29, 0.717) is 11.9 Å². The number of halogens is 2. The van der Waals surface area contributed by atoms with Crippen molar-refractivity contribution in [3.05, 3.63) is 54.1 Å². The molecule has 2 unspecified atom stereocenters. The van der Waals surface area contributed by atoms with Crippen LogP contribution < -0.4 is 0 Å². The maximum atomic E-state index is 14.9. The zero-order chi connectivity index (χ0) is 18.7. The van der Waals surface area contributed by atoms with Gasteiger partial charge >= 0.3 is 0 Å². The number of ether oxygens (including phenoxy) is 1. The van der Waals surface area contributed by atoms with Gasteiger partial charge in [0.1, 0.15) is 5.60 Å².